The molecule has 3 heteroatoms. The first-order valence-corrected chi connectivity index (χ1v) is 6.56. The third-order valence-corrected chi connectivity index (χ3v) is 2.12. The molecular formula is C9H5IOS. The van der Waals surface area contributed by atoms with Gasteiger partial charge in [-0.05, 0) is 26.3 Å². The molecule has 0 atom stereocenters. The van der Waals surface area contributed by atoms with Crippen LogP contribution in [0.25, 0.3) is 0 Å². The van der Waals surface area contributed by atoms with Gasteiger partial charge in [0.25, 0.3) is 0 Å². The van der Waals surface area contributed by atoms with Crippen LogP contribution in [0, 0.1) is 11.2 Å². The Bertz CT molecular complexity index is 321. The number of hydrogen-bond donors (Lipinski definition) is 0. The van der Waals surface area contributed by atoms with Gasteiger partial charge in [-0.1, -0.05) is 18.1 Å². The molecule has 0 aliphatic carbocycles. The van der Waals surface area contributed by atoms with Gasteiger partial charge < -0.3 is 0 Å². The first-order chi connectivity index (χ1) is 5.86. The highest BCUT2D eigenvalue weighted by atomic mass is 127. The van der Waals surface area contributed by atoms with Gasteiger partial charge in [-0.25, -0.2) is 0 Å². The third-order valence-electron chi connectivity index (χ3n) is 1.28. The van der Waals surface area contributed by atoms with Gasteiger partial charge in [0.15, 0.2) is 0 Å². The Morgan fingerprint density at radius 2 is 2.00 bits per heavy atom. The van der Waals surface area contributed by atoms with Crippen molar-refractivity contribution < 1.29 is 4.79 Å². The quantitative estimate of drug-likeness (QED) is 0.449. The molecule has 12 heavy (non-hydrogen) atoms. The monoisotopic (exact) mass is 288 g/mol. The van der Waals surface area contributed by atoms with E-state index in [0.29, 0.717) is 5.56 Å². The van der Waals surface area contributed by atoms with Gasteiger partial charge in [-0.3, -0.25) is 4.79 Å². The zero-order valence-electron chi connectivity index (χ0n) is 6.08. The average molecular weight is 288 g/mol. The van der Waals surface area contributed by atoms with Crippen LogP contribution in [0.4, 0.5) is 0 Å². The minimum Gasteiger partial charge on any atom is -0.298 e. The van der Waals surface area contributed by atoms with E-state index in [1.807, 2.05) is 12.1 Å². The van der Waals surface area contributed by atoms with Crippen LogP contribution in [0.15, 0.2) is 24.3 Å². The molecule has 1 nitrogen and oxygen atoms in total. The van der Waals surface area contributed by atoms with Crippen molar-refractivity contribution in [2.75, 3.05) is 0 Å². The SMILES string of the molecule is O=Cc1ccc(C#CSI)cc1. The predicted molar refractivity (Wildman–Crippen MR) is 60.3 cm³/mol. The summed E-state index contributed by atoms with van der Waals surface area (Å²) in [6.45, 7) is 0. The molecule has 1 aromatic carbocycles. The molecule has 0 spiro atoms. The molecule has 60 valence electrons. The van der Waals surface area contributed by atoms with Crippen LogP contribution in [0.2, 0.25) is 0 Å². The third kappa shape index (κ3) is 2.88. The van der Waals surface area contributed by atoms with E-state index in [1.54, 1.807) is 12.1 Å². The Kier molecular flexibility index (Phi) is 4.19. The number of hydrogen-bond acceptors (Lipinski definition) is 2. The second kappa shape index (κ2) is 5.22. The van der Waals surface area contributed by atoms with E-state index in [1.165, 1.54) is 8.93 Å². The second-order valence-corrected chi connectivity index (χ2v) is 3.72. The van der Waals surface area contributed by atoms with Gasteiger partial charge in [-0.15, -0.1) is 0 Å². The Morgan fingerprint density at radius 1 is 1.33 bits per heavy atom. The van der Waals surface area contributed by atoms with Crippen LogP contribution in [-0.2, 0) is 0 Å². The Labute approximate surface area is 87.5 Å². The molecule has 0 radical (unpaired) electrons. The lowest BCUT2D eigenvalue weighted by atomic mass is 10.2. The highest BCUT2D eigenvalue weighted by Crippen LogP contribution is 2.08. The highest BCUT2D eigenvalue weighted by molar-refractivity contribution is 14.2. The van der Waals surface area contributed by atoms with Crippen molar-refractivity contribution in [1.29, 1.82) is 0 Å². The van der Waals surface area contributed by atoms with E-state index in [2.05, 4.69) is 32.4 Å². The fourth-order valence-corrected chi connectivity index (χ4v) is 1.21. The van der Waals surface area contributed by atoms with E-state index in [-0.39, 0.29) is 0 Å². The van der Waals surface area contributed by atoms with E-state index >= 15 is 0 Å². The standard InChI is InChI=1S/C9H5IOS/c10-12-6-5-8-1-3-9(7-11)4-2-8/h1-4,7H. The van der Waals surface area contributed by atoms with E-state index in [4.69, 9.17) is 0 Å². The molecule has 0 fully saturated rings. The highest BCUT2D eigenvalue weighted by Gasteiger charge is 1.88. The summed E-state index contributed by atoms with van der Waals surface area (Å²) in [7, 11) is 1.45. The molecule has 0 aliphatic heterocycles. The summed E-state index contributed by atoms with van der Waals surface area (Å²) >= 11 is 2.12. The molecular weight excluding hydrogens is 283 g/mol. The molecule has 0 aromatic heterocycles. The first-order valence-electron chi connectivity index (χ1n) is 3.20. The number of carbonyl (C=O) groups is 1. The summed E-state index contributed by atoms with van der Waals surface area (Å²) in [6, 6.07) is 7.19. The minimum absolute atomic E-state index is 0.683. The fraction of sp³-hybridized carbons (Fsp3) is 0. The van der Waals surface area contributed by atoms with Crippen LogP contribution in [-0.4, -0.2) is 6.29 Å². The molecule has 0 saturated carbocycles. The smallest absolute Gasteiger partial charge is 0.150 e. The van der Waals surface area contributed by atoms with Gasteiger partial charge in [0, 0.05) is 32.3 Å². The lowest BCUT2D eigenvalue weighted by Crippen LogP contribution is -1.78. The van der Waals surface area contributed by atoms with Gasteiger partial charge >= 0.3 is 0 Å². The predicted octanol–water partition coefficient (Wildman–Crippen LogP) is 2.89. The minimum atomic E-state index is 0.683. The van der Waals surface area contributed by atoms with Crippen molar-refractivity contribution in [2.45, 2.75) is 0 Å². The number of halogens is 1. The summed E-state index contributed by atoms with van der Waals surface area (Å²) < 4.78 is 0. The second-order valence-electron chi connectivity index (χ2n) is 2.04. The zero-order chi connectivity index (χ0) is 8.81. The maximum atomic E-state index is 10.3. The van der Waals surface area contributed by atoms with E-state index in [0.717, 1.165) is 11.8 Å². The molecule has 0 N–H and O–H groups in total. The van der Waals surface area contributed by atoms with Crippen molar-refractivity contribution in [3.8, 4) is 11.2 Å². The Hall–Kier alpha value is -0.470. The molecule has 0 unspecified atom stereocenters. The molecule has 1 aromatic rings. The average Bonchev–Trinajstić information content (AvgIpc) is 2.15. The summed E-state index contributed by atoms with van der Waals surface area (Å²) in [5.41, 5.74) is 1.62. The van der Waals surface area contributed by atoms with Crippen molar-refractivity contribution in [3.63, 3.8) is 0 Å². The van der Waals surface area contributed by atoms with E-state index in [9.17, 15) is 4.79 Å². The van der Waals surface area contributed by atoms with Gasteiger partial charge in [0.05, 0.1) is 0 Å². The number of rotatable bonds is 1. The lowest BCUT2D eigenvalue weighted by molar-refractivity contribution is 0.112. The molecule has 0 bridgehead atoms. The number of aldehydes is 1. The lowest BCUT2D eigenvalue weighted by Gasteiger charge is -1.89. The normalized spacial score (nSPS) is 8.42. The molecule has 1 rings (SSSR count). The summed E-state index contributed by atoms with van der Waals surface area (Å²) in [5, 5.41) is 2.87. The Balaban J connectivity index is 2.84. The summed E-state index contributed by atoms with van der Waals surface area (Å²) in [5.74, 6) is 2.94. The number of benzene rings is 1. The Morgan fingerprint density at radius 3 is 2.50 bits per heavy atom. The van der Waals surface area contributed by atoms with Crippen LogP contribution >= 0.6 is 30.1 Å². The summed E-state index contributed by atoms with van der Waals surface area (Å²) in [4.78, 5) is 10.3. The number of carbonyl (C=O) groups excluding carboxylic acids is 1. The van der Waals surface area contributed by atoms with E-state index < -0.39 is 0 Å². The van der Waals surface area contributed by atoms with Crippen molar-refractivity contribution in [3.05, 3.63) is 35.4 Å². The molecule has 0 saturated heterocycles. The van der Waals surface area contributed by atoms with Crippen LogP contribution in [0.5, 0.6) is 0 Å². The summed E-state index contributed by atoms with van der Waals surface area (Å²) in [6.07, 6.45) is 0.824. The van der Waals surface area contributed by atoms with Crippen molar-refractivity contribution >= 4 is 36.4 Å². The van der Waals surface area contributed by atoms with Crippen LogP contribution in [0.1, 0.15) is 15.9 Å². The fourth-order valence-electron chi connectivity index (χ4n) is 0.723. The molecule has 0 amide bonds. The molecule has 0 heterocycles. The van der Waals surface area contributed by atoms with Gasteiger partial charge in [0.1, 0.15) is 6.29 Å². The topological polar surface area (TPSA) is 17.1 Å². The van der Waals surface area contributed by atoms with Crippen molar-refractivity contribution in [1.82, 2.24) is 0 Å². The van der Waals surface area contributed by atoms with Gasteiger partial charge in [-0.2, -0.15) is 0 Å². The maximum Gasteiger partial charge on any atom is 0.150 e. The largest absolute Gasteiger partial charge is 0.298 e. The maximum absolute atomic E-state index is 10.3. The van der Waals surface area contributed by atoms with Crippen LogP contribution < -0.4 is 0 Å². The van der Waals surface area contributed by atoms with Gasteiger partial charge in [0.2, 0.25) is 0 Å². The van der Waals surface area contributed by atoms with Crippen molar-refractivity contribution in [2.24, 2.45) is 0 Å². The molecule has 0 aliphatic rings. The van der Waals surface area contributed by atoms with Crippen LogP contribution in [0.3, 0.4) is 0 Å². The first kappa shape index (κ1) is 9.62. The zero-order valence-corrected chi connectivity index (χ0v) is 9.06.